The van der Waals surface area contributed by atoms with Gasteiger partial charge in [-0.1, -0.05) is 18.2 Å². The number of para-hydroxylation sites is 2. The van der Waals surface area contributed by atoms with Crippen LogP contribution in [0.5, 0.6) is 28.7 Å². The molecule has 1 heterocycles. The van der Waals surface area contributed by atoms with E-state index in [-0.39, 0.29) is 0 Å². The Morgan fingerprint density at radius 1 is 0.912 bits per heavy atom. The second-order valence-electron chi connectivity index (χ2n) is 7.41. The second kappa shape index (κ2) is 10.9. The first kappa shape index (κ1) is 23.3. The SMILES string of the molecule is COc1cc2c(Nc3cccc(Oc4ccccc4OC)c3)c(N)cnc2cc1OCCCCl. The zero-order chi connectivity index (χ0) is 23.9. The lowest BCUT2D eigenvalue weighted by Crippen LogP contribution is -2.02. The van der Waals surface area contributed by atoms with Crippen LogP contribution in [0.3, 0.4) is 0 Å². The van der Waals surface area contributed by atoms with Crippen LogP contribution in [0.4, 0.5) is 17.1 Å². The van der Waals surface area contributed by atoms with Crippen molar-refractivity contribution in [2.45, 2.75) is 6.42 Å². The first-order valence-corrected chi connectivity index (χ1v) is 11.3. The molecule has 8 heteroatoms. The number of benzene rings is 3. The fourth-order valence-corrected chi connectivity index (χ4v) is 3.58. The summed E-state index contributed by atoms with van der Waals surface area (Å²) < 4.78 is 22.8. The average Bonchev–Trinajstić information content (AvgIpc) is 2.86. The van der Waals surface area contributed by atoms with E-state index >= 15 is 0 Å². The van der Waals surface area contributed by atoms with Crippen LogP contribution < -0.4 is 30.0 Å². The van der Waals surface area contributed by atoms with Gasteiger partial charge in [0.2, 0.25) is 0 Å². The Hall–Kier alpha value is -3.84. The second-order valence-corrected chi connectivity index (χ2v) is 7.78. The molecule has 0 unspecified atom stereocenters. The third kappa shape index (κ3) is 5.21. The number of aromatic nitrogens is 1. The lowest BCUT2D eigenvalue weighted by Gasteiger charge is -2.16. The molecule has 0 bridgehead atoms. The molecule has 0 aliphatic carbocycles. The van der Waals surface area contributed by atoms with Crippen molar-refractivity contribution in [2.24, 2.45) is 0 Å². The summed E-state index contributed by atoms with van der Waals surface area (Å²) in [5.74, 6) is 3.66. The molecule has 0 atom stereocenters. The van der Waals surface area contributed by atoms with E-state index in [1.165, 1.54) is 0 Å². The maximum Gasteiger partial charge on any atom is 0.169 e. The molecule has 0 radical (unpaired) electrons. The van der Waals surface area contributed by atoms with Crippen molar-refractivity contribution >= 4 is 39.6 Å². The van der Waals surface area contributed by atoms with Crippen molar-refractivity contribution in [1.29, 1.82) is 0 Å². The van der Waals surface area contributed by atoms with Crippen LogP contribution >= 0.6 is 11.6 Å². The third-order valence-corrected chi connectivity index (χ3v) is 5.39. The Morgan fingerprint density at radius 3 is 2.47 bits per heavy atom. The summed E-state index contributed by atoms with van der Waals surface area (Å²) >= 11 is 5.76. The fraction of sp³-hybridized carbons (Fsp3) is 0.192. The van der Waals surface area contributed by atoms with E-state index in [0.717, 1.165) is 23.0 Å². The van der Waals surface area contributed by atoms with Crippen LogP contribution in [0.25, 0.3) is 10.9 Å². The maximum absolute atomic E-state index is 6.30. The van der Waals surface area contributed by atoms with E-state index in [4.69, 9.17) is 36.3 Å². The topological polar surface area (TPSA) is 87.9 Å². The van der Waals surface area contributed by atoms with Gasteiger partial charge in [0.25, 0.3) is 0 Å². The first-order valence-electron chi connectivity index (χ1n) is 10.8. The smallest absolute Gasteiger partial charge is 0.169 e. The van der Waals surface area contributed by atoms with Gasteiger partial charge in [0.15, 0.2) is 23.0 Å². The number of fused-ring (bicyclic) bond motifs is 1. The number of pyridine rings is 1. The normalized spacial score (nSPS) is 10.7. The molecule has 0 aliphatic rings. The fourth-order valence-electron chi connectivity index (χ4n) is 3.48. The number of methoxy groups -OCH3 is 2. The number of anilines is 3. The molecule has 0 amide bonds. The number of ether oxygens (including phenoxy) is 4. The van der Waals surface area contributed by atoms with E-state index < -0.39 is 0 Å². The molecule has 3 aromatic carbocycles. The monoisotopic (exact) mass is 479 g/mol. The number of hydrogen-bond acceptors (Lipinski definition) is 7. The minimum atomic E-state index is 0.491. The minimum absolute atomic E-state index is 0.491. The van der Waals surface area contributed by atoms with Crippen LogP contribution in [-0.4, -0.2) is 31.7 Å². The molecule has 3 N–H and O–H groups in total. The highest BCUT2D eigenvalue weighted by atomic mass is 35.5. The molecule has 34 heavy (non-hydrogen) atoms. The molecule has 0 spiro atoms. The Balaban J connectivity index is 1.65. The standard InChI is InChI=1S/C26H26ClN3O4/c1-31-22-9-3-4-10-23(22)34-18-8-5-7-17(13-18)30-26-19-14-24(32-2)25(33-12-6-11-27)15-21(19)29-16-20(26)28/h3-5,7-10,13-16H,6,11-12,28H2,1-2H3,(H,29,30). The summed E-state index contributed by atoms with van der Waals surface area (Å²) in [7, 11) is 3.21. The molecule has 0 saturated carbocycles. The number of nitrogens with zero attached hydrogens (tertiary/aromatic N) is 1. The molecular formula is C26H26ClN3O4. The van der Waals surface area contributed by atoms with Crippen molar-refractivity contribution in [3.8, 4) is 28.7 Å². The number of nitrogens with one attached hydrogen (secondary N) is 1. The number of rotatable bonds is 10. The molecular weight excluding hydrogens is 454 g/mol. The van der Waals surface area contributed by atoms with Gasteiger partial charge in [-0.2, -0.15) is 0 Å². The average molecular weight is 480 g/mol. The lowest BCUT2D eigenvalue weighted by atomic mass is 10.1. The van der Waals surface area contributed by atoms with Gasteiger partial charge in [-0.3, -0.25) is 4.98 Å². The zero-order valence-corrected chi connectivity index (χ0v) is 19.8. The van der Waals surface area contributed by atoms with Crippen LogP contribution in [0.15, 0.2) is 66.9 Å². The van der Waals surface area contributed by atoms with Gasteiger partial charge in [-0.05, 0) is 36.8 Å². The summed E-state index contributed by atoms with van der Waals surface area (Å²) in [6.45, 7) is 0.491. The summed E-state index contributed by atoms with van der Waals surface area (Å²) in [4.78, 5) is 4.47. The highest BCUT2D eigenvalue weighted by Gasteiger charge is 2.14. The zero-order valence-electron chi connectivity index (χ0n) is 19.0. The van der Waals surface area contributed by atoms with Gasteiger partial charge in [0, 0.05) is 29.1 Å². The van der Waals surface area contributed by atoms with Crippen LogP contribution in [-0.2, 0) is 0 Å². The quantitative estimate of drug-likeness (QED) is 0.201. The van der Waals surface area contributed by atoms with Crippen molar-refractivity contribution in [2.75, 3.05) is 37.8 Å². The largest absolute Gasteiger partial charge is 0.493 e. The number of halogens is 1. The lowest BCUT2D eigenvalue weighted by molar-refractivity contribution is 0.295. The summed E-state index contributed by atoms with van der Waals surface area (Å²) in [5, 5.41) is 4.21. The van der Waals surface area contributed by atoms with Crippen LogP contribution in [0, 0.1) is 0 Å². The van der Waals surface area contributed by atoms with E-state index in [9.17, 15) is 0 Å². The molecule has 176 valence electrons. The minimum Gasteiger partial charge on any atom is -0.493 e. The number of hydrogen-bond donors (Lipinski definition) is 2. The number of alkyl halides is 1. The predicted molar refractivity (Wildman–Crippen MR) is 136 cm³/mol. The first-order chi connectivity index (χ1) is 16.6. The highest BCUT2D eigenvalue weighted by Crippen LogP contribution is 2.39. The molecule has 7 nitrogen and oxygen atoms in total. The van der Waals surface area contributed by atoms with Gasteiger partial charge in [0.1, 0.15) is 5.75 Å². The maximum atomic E-state index is 6.30. The molecule has 4 rings (SSSR count). The Bertz CT molecular complexity index is 1280. The van der Waals surface area contributed by atoms with E-state index in [0.29, 0.717) is 52.6 Å². The number of nitrogens with two attached hydrogens (primary N) is 1. The van der Waals surface area contributed by atoms with Crippen molar-refractivity contribution in [3.05, 3.63) is 66.9 Å². The predicted octanol–water partition coefficient (Wildman–Crippen LogP) is 6.38. The van der Waals surface area contributed by atoms with E-state index in [1.54, 1.807) is 20.4 Å². The van der Waals surface area contributed by atoms with E-state index in [2.05, 4.69) is 10.3 Å². The molecule has 0 saturated heterocycles. The molecule has 1 aromatic heterocycles. The number of nitrogen functional groups attached to an aromatic ring is 1. The summed E-state index contributed by atoms with van der Waals surface area (Å²) in [5.41, 5.74) is 9.04. The Kier molecular flexibility index (Phi) is 7.44. The van der Waals surface area contributed by atoms with E-state index in [1.807, 2.05) is 60.7 Å². The Labute approximate surface area is 203 Å². The van der Waals surface area contributed by atoms with Crippen molar-refractivity contribution < 1.29 is 18.9 Å². The molecule has 4 aromatic rings. The van der Waals surface area contributed by atoms with Gasteiger partial charge >= 0.3 is 0 Å². The van der Waals surface area contributed by atoms with Crippen molar-refractivity contribution in [3.63, 3.8) is 0 Å². The van der Waals surface area contributed by atoms with Crippen molar-refractivity contribution in [1.82, 2.24) is 4.98 Å². The van der Waals surface area contributed by atoms with Gasteiger partial charge < -0.3 is 30.0 Å². The summed E-state index contributed by atoms with van der Waals surface area (Å²) in [6, 6.07) is 18.8. The summed E-state index contributed by atoms with van der Waals surface area (Å²) in [6.07, 6.45) is 2.35. The highest BCUT2D eigenvalue weighted by molar-refractivity contribution is 6.17. The van der Waals surface area contributed by atoms with Gasteiger partial charge in [0.05, 0.1) is 43.9 Å². The van der Waals surface area contributed by atoms with Crippen LogP contribution in [0.1, 0.15) is 6.42 Å². The third-order valence-electron chi connectivity index (χ3n) is 5.12. The Morgan fingerprint density at radius 2 is 1.71 bits per heavy atom. The van der Waals surface area contributed by atoms with Gasteiger partial charge in [-0.15, -0.1) is 11.6 Å². The molecule has 0 fully saturated rings. The molecule has 0 aliphatic heterocycles. The van der Waals surface area contributed by atoms with Crippen LogP contribution in [0.2, 0.25) is 0 Å². The van der Waals surface area contributed by atoms with Gasteiger partial charge in [-0.25, -0.2) is 0 Å².